The van der Waals surface area contributed by atoms with Crippen molar-refractivity contribution in [1.29, 1.82) is 0 Å². The lowest BCUT2D eigenvalue weighted by Gasteiger charge is -2.12. The quantitative estimate of drug-likeness (QED) is 0.820. The van der Waals surface area contributed by atoms with E-state index in [9.17, 15) is 4.79 Å². The molecule has 0 aromatic carbocycles. The Morgan fingerprint density at radius 1 is 1.53 bits per heavy atom. The van der Waals surface area contributed by atoms with Crippen molar-refractivity contribution in [3.63, 3.8) is 0 Å². The molecule has 0 aliphatic heterocycles. The fourth-order valence-electron chi connectivity index (χ4n) is 1.33. The first-order valence-electron chi connectivity index (χ1n) is 4.86. The molecule has 0 unspecified atom stereocenters. The highest BCUT2D eigenvalue weighted by molar-refractivity contribution is 5.92. The molecule has 0 atom stereocenters. The van der Waals surface area contributed by atoms with E-state index >= 15 is 0 Å². The van der Waals surface area contributed by atoms with Gasteiger partial charge in [-0.3, -0.25) is 4.79 Å². The number of carbonyl (C=O) groups excluding carboxylic acids is 1. The average Bonchev–Trinajstić information content (AvgIpc) is 2.27. The normalized spacial score (nSPS) is 10.2. The lowest BCUT2D eigenvalue weighted by molar-refractivity contribution is 0.0958. The molecule has 0 spiro atoms. The minimum atomic E-state index is -0.181. The molecular formula is C11H16N2O2. The summed E-state index contributed by atoms with van der Waals surface area (Å²) in [6.45, 7) is 4.09. The van der Waals surface area contributed by atoms with E-state index in [0.717, 1.165) is 11.3 Å². The predicted molar refractivity (Wildman–Crippen MR) is 58.3 cm³/mol. The van der Waals surface area contributed by atoms with Crippen molar-refractivity contribution in [2.45, 2.75) is 19.8 Å². The number of methoxy groups -OCH3 is 1. The zero-order chi connectivity index (χ0) is 11.4. The molecule has 1 heterocycles. The van der Waals surface area contributed by atoms with E-state index in [-0.39, 0.29) is 5.91 Å². The first-order chi connectivity index (χ1) is 7.10. The van der Waals surface area contributed by atoms with Crippen LogP contribution in [0.5, 0.6) is 5.75 Å². The summed E-state index contributed by atoms with van der Waals surface area (Å²) in [5, 5.41) is 2.54. The molecule has 0 bridgehead atoms. The summed E-state index contributed by atoms with van der Waals surface area (Å²) in [4.78, 5) is 15.4. The van der Waals surface area contributed by atoms with Crippen LogP contribution in [0.2, 0.25) is 0 Å². The van der Waals surface area contributed by atoms with Gasteiger partial charge in [0.25, 0.3) is 5.91 Å². The van der Waals surface area contributed by atoms with Crippen LogP contribution in [-0.4, -0.2) is 25.0 Å². The standard InChI is InChI=1S/C11H16N2O2/c1-7(2)8-5-9(11(14)12-3)13-6-10(8)15-4/h5-7H,1-4H3,(H,12,14). The van der Waals surface area contributed by atoms with E-state index in [1.807, 2.05) is 13.8 Å². The predicted octanol–water partition coefficient (Wildman–Crippen LogP) is 1.57. The van der Waals surface area contributed by atoms with Crippen LogP contribution in [0.4, 0.5) is 0 Å². The molecule has 0 saturated heterocycles. The Hall–Kier alpha value is -1.58. The molecule has 1 N–H and O–H groups in total. The maximum absolute atomic E-state index is 11.4. The summed E-state index contributed by atoms with van der Waals surface area (Å²) in [5.74, 6) is 0.837. The molecule has 0 fully saturated rings. The second kappa shape index (κ2) is 4.77. The van der Waals surface area contributed by atoms with Gasteiger partial charge in [0.1, 0.15) is 11.4 Å². The van der Waals surface area contributed by atoms with Crippen molar-refractivity contribution in [2.75, 3.05) is 14.2 Å². The van der Waals surface area contributed by atoms with Gasteiger partial charge in [-0.15, -0.1) is 0 Å². The number of nitrogens with zero attached hydrogens (tertiary/aromatic N) is 1. The largest absolute Gasteiger partial charge is 0.495 e. The third kappa shape index (κ3) is 2.46. The van der Waals surface area contributed by atoms with Gasteiger partial charge in [0.15, 0.2) is 0 Å². The first-order valence-corrected chi connectivity index (χ1v) is 4.86. The number of carbonyl (C=O) groups is 1. The van der Waals surface area contributed by atoms with Gasteiger partial charge in [0, 0.05) is 12.6 Å². The summed E-state index contributed by atoms with van der Waals surface area (Å²) in [6.07, 6.45) is 1.58. The van der Waals surface area contributed by atoms with E-state index in [1.165, 1.54) is 0 Å². The number of amides is 1. The highest BCUT2D eigenvalue weighted by atomic mass is 16.5. The third-order valence-corrected chi connectivity index (χ3v) is 2.20. The van der Waals surface area contributed by atoms with Crippen molar-refractivity contribution in [3.05, 3.63) is 23.5 Å². The SMILES string of the molecule is CNC(=O)c1cc(C(C)C)c(OC)cn1. The number of ether oxygens (including phenoxy) is 1. The molecule has 1 aromatic heterocycles. The summed E-state index contributed by atoms with van der Waals surface area (Å²) >= 11 is 0. The van der Waals surface area contributed by atoms with Crippen LogP contribution < -0.4 is 10.1 Å². The van der Waals surface area contributed by atoms with Gasteiger partial charge in [-0.1, -0.05) is 13.8 Å². The van der Waals surface area contributed by atoms with E-state index in [1.54, 1.807) is 26.4 Å². The van der Waals surface area contributed by atoms with Crippen molar-refractivity contribution in [2.24, 2.45) is 0 Å². The monoisotopic (exact) mass is 208 g/mol. The Labute approximate surface area is 89.7 Å². The summed E-state index contributed by atoms with van der Waals surface area (Å²) in [5.41, 5.74) is 1.41. The fraction of sp³-hybridized carbons (Fsp3) is 0.455. The van der Waals surface area contributed by atoms with Crippen molar-refractivity contribution >= 4 is 5.91 Å². The lowest BCUT2D eigenvalue weighted by atomic mass is 10.0. The van der Waals surface area contributed by atoms with E-state index in [2.05, 4.69) is 10.3 Å². The van der Waals surface area contributed by atoms with Crippen molar-refractivity contribution in [1.82, 2.24) is 10.3 Å². The molecule has 82 valence electrons. The maximum atomic E-state index is 11.4. The van der Waals surface area contributed by atoms with Crippen LogP contribution in [0, 0.1) is 0 Å². The average molecular weight is 208 g/mol. The summed E-state index contributed by atoms with van der Waals surface area (Å²) in [7, 11) is 3.19. The van der Waals surface area contributed by atoms with Gasteiger partial charge in [-0.05, 0) is 12.0 Å². The van der Waals surface area contributed by atoms with Crippen LogP contribution in [-0.2, 0) is 0 Å². The Kier molecular flexibility index (Phi) is 3.66. The molecule has 15 heavy (non-hydrogen) atoms. The van der Waals surface area contributed by atoms with Crippen molar-refractivity contribution in [3.8, 4) is 5.75 Å². The van der Waals surface area contributed by atoms with E-state index in [0.29, 0.717) is 11.6 Å². The zero-order valence-corrected chi connectivity index (χ0v) is 9.50. The molecule has 4 heteroatoms. The summed E-state index contributed by atoms with van der Waals surface area (Å²) < 4.78 is 5.18. The van der Waals surface area contributed by atoms with Crippen LogP contribution in [0.1, 0.15) is 35.8 Å². The van der Waals surface area contributed by atoms with Gasteiger partial charge < -0.3 is 10.1 Å². The van der Waals surface area contributed by atoms with Crippen LogP contribution in [0.25, 0.3) is 0 Å². The topological polar surface area (TPSA) is 51.2 Å². The van der Waals surface area contributed by atoms with Crippen LogP contribution in [0.15, 0.2) is 12.3 Å². The molecule has 0 aliphatic rings. The third-order valence-electron chi connectivity index (χ3n) is 2.20. The molecule has 1 aromatic rings. The number of hydrogen-bond acceptors (Lipinski definition) is 3. The first kappa shape index (κ1) is 11.5. The fourth-order valence-corrected chi connectivity index (χ4v) is 1.33. The molecule has 0 saturated carbocycles. The number of pyridine rings is 1. The minimum absolute atomic E-state index is 0.181. The van der Waals surface area contributed by atoms with Crippen LogP contribution in [0.3, 0.4) is 0 Å². The van der Waals surface area contributed by atoms with E-state index < -0.39 is 0 Å². The van der Waals surface area contributed by atoms with Gasteiger partial charge in [-0.25, -0.2) is 4.98 Å². The lowest BCUT2D eigenvalue weighted by Crippen LogP contribution is -2.19. The van der Waals surface area contributed by atoms with Gasteiger partial charge in [-0.2, -0.15) is 0 Å². The van der Waals surface area contributed by atoms with Gasteiger partial charge >= 0.3 is 0 Å². The Balaban J connectivity index is 3.16. The highest BCUT2D eigenvalue weighted by Crippen LogP contribution is 2.25. The van der Waals surface area contributed by atoms with Gasteiger partial charge in [0.2, 0.25) is 0 Å². The number of rotatable bonds is 3. The summed E-state index contributed by atoms with van der Waals surface area (Å²) in [6, 6.07) is 1.77. The van der Waals surface area contributed by atoms with Crippen LogP contribution >= 0.6 is 0 Å². The molecule has 1 amide bonds. The second-order valence-electron chi connectivity index (χ2n) is 3.55. The number of hydrogen-bond donors (Lipinski definition) is 1. The molecule has 0 aliphatic carbocycles. The second-order valence-corrected chi connectivity index (χ2v) is 3.55. The molecule has 1 rings (SSSR count). The number of aromatic nitrogens is 1. The van der Waals surface area contributed by atoms with Crippen molar-refractivity contribution < 1.29 is 9.53 Å². The Bertz CT molecular complexity index is 362. The highest BCUT2D eigenvalue weighted by Gasteiger charge is 2.12. The molecule has 4 nitrogen and oxygen atoms in total. The smallest absolute Gasteiger partial charge is 0.269 e. The van der Waals surface area contributed by atoms with E-state index in [4.69, 9.17) is 4.74 Å². The number of nitrogens with one attached hydrogen (secondary N) is 1. The zero-order valence-electron chi connectivity index (χ0n) is 9.50. The minimum Gasteiger partial charge on any atom is -0.495 e. The maximum Gasteiger partial charge on any atom is 0.269 e. The molecular weight excluding hydrogens is 192 g/mol. The Morgan fingerprint density at radius 2 is 2.20 bits per heavy atom. The van der Waals surface area contributed by atoms with Gasteiger partial charge in [0.05, 0.1) is 13.3 Å². The Morgan fingerprint density at radius 3 is 2.67 bits per heavy atom. The molecule has 0 radical (unpaired) electrons.